The molecule has 158 valence electrons. The number of nitrogens with one attached hydrogen (secondary N) is 1. The Hall–Kier alpha value is -2.50. The first-order valence-corrected chi connectivity index (χ1v) is 10.3. The van der Waals surface area contributed by atoms with E-state index in [1.807, 2.05) is 48.5 Å². The van der Waals surface area contributed by atoms with Gasteiger partial charge in [0.25, 0.3) is 5.91 Å². The number of carbonyl (C=O) groups excluding carboxylic acids is 2. The number of cyclic esters (lactones) is 1. The summed E-state index contributed by atoms with van der Waals surface area (Å²) in [5.41, 5.74) is 2.24. The second kappa shape index (κ2) is 9.11. The van der Waals surface area contributed by atoms with Crippen LogP contribution in [-0.4, -0.2) is 23.7 Å². The molecule has 2 aromatic rings. The van der Waals surface area contributed by atoms with Crippen LogP contribution in [0.15, 0.2) is 59.9 Å². The Bertz CT molecular complexity index is 918. The van der Waals surface area contributed by atoms with Crippen LogP contribution in [0, 0.1) is 0 Å². The lowest BCUT2D eigenvalue weighted by atomic mass is 9.98. The summed E-state index contributed by atoms with van der Waals surface area (Å²) in [5.74, 6) is -2.17. The van der Waals surface area contributed by atoms with E-state index in [1.165, 1.54) is 0 Å². The SMILES string of the molecule is CC(C(=O)NC(Cc1ccc(Cl)cc1)Cc1ccc(Cl)cc1)=C1OC(C)(C)OC1=O. The van der Waals surface area contributed by atoms with Crippen LogP contribution < -0.4 is 5.32 Å². The molecule has 1 amide bonds. The quantitative estimate of drug-likeness (QED) is 0.507. The number of esters is 1. The van der Waals surface area contributed by atoms with Crippen molar-refractivity contribution in [2.75, 3.05) is 0 Å². The minimum atomic E-state index is -1.08. The summed E-state index contributed by atoms with van der Waals surface area (Å²) >= 11 is 12.0. The maximum absolute atomic E-state index is 12.9. The number of ether oxygens (including phenoxy) is 2. The van der Waals surface area contributed by atoms with Crippen LogP contribution in [0.2, 0.25) is 10.0 Å². The number of rotatable bonds is 6. The molecule has 1 saturated heterocycles. The molecule has 3 rings (SSSR count). The van der Waals surface area contributed by atoms with Gasteiger partial charge in [0.1, 0.15) is 0 Å². The van der Waals surface area contributed by atoms with Crippen molar-refractivity contribution in [3.05, 3.63) is 81.0 Å². The predicted molar refractivity (Wildman–Crippen MR) is 116 cm³/mol. The van der Waals surface area contributed by atoms with Crippen LogP contribution >= 0.6 is 23.2 Å². The normalized spacial score (nSPS) is 16.8. The molecule has 0 aromatic heterocycles. The third-order valence-corrected chi connectivity index (χ3v) is 5.18. The molecule has 0 spiro atoms. The fourth-order valence-electron chi connectivity index (χ4n) is 3.19. The minimum absolute atomic E-state index is 0.0609. The van der Waals surface area contributed by atoms with Crippen LogP contribution in [0.1, 0.15) is 31.9 Å². The summed E-state index contributed by atoms with van der Waals surface area (Å²) in [6, 6.07) is 14.7. The van der Waals surface area contributed by atoms with Gasteiger partial charge in [0, 0.05) is 29.9 Å². The maximum atomic E-state index is 12.9. The molecule has 30 heavy (non-hydrogen) atoms. The Kier molecular flexibility index (Phi) is 6.74. The van der Waals surface area contributed by atoms with Gasteiger partial charge in [-0.25, -0.2) is 4.79 Å². The highest BCUT2D eigenvalue weighted by Gasteiger charge is 2.39. The van der Waals surface area contributed by atoms with Crippen LogP contribution in [0.4, 0.5) is 0 Å². The van der Waals surface area contributed by atoms with Crippen molar-refractivity contribution < 1.29 is 19.1 Å². The molecular formula is C23H23Cl2NO4. The van der Waals surface area contributed by atoms with Gasteiger partial charge >= 0.3 is 5.97 Å². The highest BCUT2D eigenvalue weighted by molar-refractivity contribution is 6.30. The topological polar surface area (TPSA) is 64.6 Å². The van der Waals surface area contributed by atoms with Gasteiger partial charge < -0.3 is 14.8 Å². The van der Waals surface area contributed by atoms with E-state index in [1.54, 1.807) is 20.8 Å². The van der Waals surface area contributed by atoms with Gasteiger partial charge in [-0.2, -0.15) is 0 Å². The fourth-order valence-corrected chi connectivity index (χ4v) is 3.44. The molecule has 1 aliphatic rings. The number of hydrogen-bond acceptors (Lipinski definition) is 4. The van der Waals surface area contributed by atoms with Crippen LogP contribution in [0.25, 0.3) is 0 Å². The zero-order valence-electron chi connectivity index (χ0n) is 17.0. The van der Waals surface area contributed by atoms with E-state index in [9.17, 15) is 9.59 Å². The largest absolute Gasteiger partial charge is 0.445 e. The minimum Gasteiger partial charge on any atom is -0.445 e. The van der Waals surface area contributed by atoms with E-state index in [0.29, 0.717) is 22.9 Å². The summed E-state index contributed by atoms with van der Waals surface area (Å²) in [6.45, 7) is 4.79. The van der Waals surface area contributed by atoms with Crippen molar-refractivity contribution in [1.82, 2.24) is 5.32 Å². The lowest BCUT2D eigenvalue weighted by Gasteiger charge is -2.20. The molecule has 1 aliphatic heterocycles. The molecule has 1 fully saturated rings. The Morgan fingerprint density at radius 3 is 1.80 bits per heavy atom. The fraction of sp³-hybridized carbons (Fsp3) is 0.304. The first kappa shape index (κ1) is 22.2. The van der Waals surface area contributed by atoms with E-state index < -0.39 is 11.8 Å². The molecule has 0 aliphatic carbocycles. The molecule has 7 heteroatoms. The smallest absolute Gasteiger partial charge is 0.377 e. The van der Waals surface area contributed by atoms with E-state index in [2.05, 4.69) is 5.32 Å². The first-order valence-electron chi connectivity index (χ1n) is 9.56. The summed E-state index contributed by atoms with van der Waals surface area (Å²) in [4.78, 5) is 24.9. The van der Waals surface area contributed by atoms with Crippen LogP contribution in [0.3, 0.4) is 0 Å². The molecule has 0 atom stereocenters. The van der Waals surface area contributed by atoms with Crippen molar-refractivity contribution in [2.24, 2.45) is 0 Å². The number of amides is 1. The third-order valence-electron chi connectivity index (χ3n) is 4.68. The van der Waals surface area contributed by atoms with Crippen molar-refractivity contribution >= 4 is 35.1 Å². The molecule has 0 unspecified atom stereocenters. The van der Waals surface area contributed by atoms with Crippen molar-refractivity contribution in [2.45, 2.75) is 45.4 Å². The van der Waals surface area contributed by atoms with E-state index >= 15 is 0 Å². The number of halogens is 2. The Balaban J connectivity index is 1.80. The summed E-state index contributed by atoms with van der Waals surface area (Å²) in [5, 5.41) is 4.32. The van der Waals surface area contributed by atoms with Crippen molar-refractivity contribution in [3.63, 3.8) is 0 Å². The zero-order valence-corrected chi connectivity index (χ0v) is 18.5. The van der Waals surface area contributed by atoms with E-state index in [4.69, 9.17) is 32.7 Å². The molecule has 5 nitrogen and oxygen atoms in total. The number of hydrogen-bond donors (Lipinski definition) is 1. The van der Waals surface area contributed by atoms with Gasteiger partial charge in [0.2, 0.25) is 11.5 Å². The standard InChI is InChI=1S/C23H23Cl2NO4/c1-14(20-22(28)30-23(2,3)29-20)21(27)26-19(12-15-4-8-17(24)9-5-15)13-16-6-10-18(25)11-7-16/h4-11,19H,12-13H2,1-3H3,(H,26,27). The molecule has 0 saturated carbocycles. The van der Waals surface area contributed by atoms with Crippen LogP contribution in [-0.2, 0) is 31.9 Å². The van der Waals surface area contributed by atoms with E-state index in [-0.39, 0.29) is 23.3 Å². The van der Waals surface area contributed by atoms with Gasteiger partial charge in [-0.15, -0.1) is 0 Å². The number of benzene rings is 2. The average Bonchev–Trinajstić information content (AvgIpc) is 2.97. The molecule has 1 N–H and O–H groups in total. The van der Waals surface area contributed by atoms with Gasteiger partial charge in [0.15, 0.2) is 0 Å². The predicted octanol–water partition coefficient (Wildman–Crippen LogP) is 4.85. The second-order valence-electron chi connectivity index (χ2n) is 7.68. The molecule has 1 heterocycles. The second-order valence-corrected chi connectivity index (χ2v) is 8.55. The Morgan fingerprint density at radius 1 is 0.933 bits per heavy atom. The summed E-state index contributed by atoms with van der Waals surface area (Å²) < 4.78 is 10.6. The van der Waals surface area contributed by atoms with Gasteiger partial charge in [-0.3, -0.25) is 4.79 Å². The summed E-state index contributed by atoms with van der Waals surface area (Å²) in [6.07, 6.45) is 1.18. The lowest BCUT2D eigenvalue weighted by Crippen LogP contribution is -2.39. The van der Waals surface area contributed by atoms with Crippen molar-refractivity contribution in [1.29, 1.82) is 0 Å². The average molecular weight is 448 g/mol. The monoisotopic (exact) mass is 447 g/mol. The molecule has 0 radical (unpaired) electrons. The van der Waals surface area contributed by atoms with Gasteiger partial charge in [-0.1, -0.05) is 47.5 Å². The lowest BCUT2D eigenvalue weighted by molar-refractivity contribution is -0.159. The third kappa shape index (κ3) is 5.77. The molecular weight excluding hydrogens is 425 g/mol. The highest BCUT2D eigenvalue weighted by Crippen LogP contribution is 2.28. The first-order chi connectivity index (χ1) is 14.1. The zero-order chi connectivity index (χ0) is 21.9. The molecule has 0 bridgehead atoms. The van der Waals surface area contributed by atoms with Crippen LogP contribution in [0.5, 0.6) is 0 Å². The van der Waals surface area contributed by atoms with Gasteiger partial charge in [0.05, 0.1) is 5.57 Å². The Morgan fingerprint density at radius 2 is 1.40 bits per heavy atom. The molecule has 2 aromatic carbocycles. The summed E-state index contributed by atoms with van der Waals surface area (Å²) in [7, 11) is 0. The maximum Gasteiger partial charge on any atom is 0.377 e. The van der Waals surface area contributed by atoms with E-state index in [0.717, 1.165) is 11.1 Å². The Labute approximate surface area is 186 Å². The number of carbonyl (C=O) groups is 2. The van der Waals surface area contributed by atoms with Crippen molar-refractivity contribution in [3.8, 4) is 0 Å². The van der Waals surface area contributed by atoms with Gasteiger partial charge in [-0.05, 0) is 55.2 Å². The highest BCUT2D eigenvalue weighted by atomic mass is 35.5.